The van der Waals surface area contributed by atoms with Crippen LogP contribution in [0.5, 0.6) is 0 Å². The summed E-state index contributed by atoms with van der Waals surface area (Å²) in [6.07, 6.45) is 11.3. The van der Waals surface area contributed by atoms with Gasteiger partial charge >= 0.3 is 0 Å². The summed E-state index contributed by atoms with van der Waals surface area (Å²) in [5.41, 5.74) is -1.94. The first kappa shape index (κ1) is 20.8. The van der Waals surface area contributed by atoms with Crippen molar-refractivity contribution in [2.24, 2.45) is 10.2 Å². The molecule has 0 unspecified atom stereocenters. The molecular formula is C20H36N4O2. The lowest BCUT2D eigenvalue weighted by molar-refractivity contribution is -0.128. The second-order valence-corrected chi connectivity index (χ2v) is 8.93. The molecule has 0 aliphatic heterocycles. The largest absolute Gasteiger partial charge is 0.351 e. The van der Waals surface area contributed by atoms with Gasteiger partial charge in [0.25, 0.3) is 0 Å². The standard InChI is InChI=1S/C20H36N4O2/c1-19(2,17(25)21-15-11-7-5-8-12-15)23-24-20(3,4)18(26)22-16-13-9-6-10-14-16/h15-16H,5-14H2,1-4H3,(H,21,25)(H,22,26). The fourth-order valence-corrected chi connectivity index (χ4v) is 3.56. The number of amides is 2. The average molecular weight is 365 g/mol. The van der Waals surface area contributed by atoms with Crippen LogP contribution < -0.4 is 10.6 Å². The van der Waals surface area contributed by atoms with E-state index in [9.17, 15) is 9.59 Å². The van der Waals surface area contributed by atoms with Crippen LogP contribution in [0, 0.1) is 0 Å². The monoisotopic (exact) mass is 364 g/mol. The van der Waals surface area contributed by atoms with Crippen molar-refractivity contribution in [3.8, 4) is 0 Å². The predicted molar refractivity (Wildman–Crippen MR) is 103 cm³/mol. The quantitative estimate of drug-likeness (QED) is 0.701. The number of nitrogens with zero attached hydrogens (tertiary/aromatic N) is 2. The molecule has 0 spiro atoms. The lowest BCUT2D eigenvalue weighted by Crippen LogP contribution is -2.48. The summed E-state index contributed by atoms with van der Waals surface area (Å²) in [5, 5.41) is 14.7. The molecule has 0 aromatic carbocycles. The molecule has 2 saturated carbocycles. The summed E-state index contributed by atoms with van der Waals surface area (Å²) in [5.74, 6) is -0.228. The van der Waals surface area contributed by atoms with Gasteiger partial charge in [0.05, 0.1) is 0 Å². The number of azo groups is 1. The number of carbonyl (C=O) groups excluding carboxylic acids is 2. The minimum Gasteiger partial charge on any atom is -0.351 e. The summed E-state index contributed by atoms with van der Waals surface area (Å²) in [6, 6.07) is 0.488. The lowest BCUT2D eigenvalue weighted by atomic mass is 9.94. The number of carbonyl (C=O) groups is 2. The van der Waals surface area contributed by atoms with E-state index >= 15 is 0 Å². The first-order valence-corrected chi connectivity index (χ1v) is 10.3. The van der Waals surface area contributed by atoms with Crippen LogP contribution in [0.4, 0.5) is 0 Å². The van der Waals surface area contributed by atoms with E-state index in [0.717, 1.165) is 25.7 Å². The molecule has 0 saturated heterocycles. The van der Waals surface area contributed by atoms with Crippen LogP contribution in [0.1, 0.15) is 91.9 Å². The second-order valence-electron chi connectivity index (χ2n) is 8.93. The van der Waals surface area contributed by atoms with E-state index < -0.39 is 11.1 Å². The molecule has 2 aliphatic rings. The highest BCUT2D eigenvalue weighted by molar-refractivity contribution is 5.87. The molecule has 0 aromatic heterocycles. The molecule has 2 amide bonds. The number of hydrogen-bond donors (Lipinski definition) is 2. The van der Waals surface area contributed by atoms with Gasteiger partial charge in [-0.25, -0.2) is 0 Å². The highest BCUT2D eigenvalue weighted by atomic mass is 16.2. The highest BCUT2D eigenvalue weighted by Gasteiger charge is 2.34. The van der Waals surface area contributed by atoms with Crippen molar-refractivity contribution in [2.45, 2.75) is 115 Å². The van der Waals surface area contributed by atoms with E-state index in [2.05, 4.69) is 20.9 Å². The highest BCUT2D eigenvalue weighted by Crippen LogP contribution is 2.22. The number of rotatable bonds is 6. The molecule has 0 radical (unpaired) electrons. The smallest absolute Gasteiger partial charge is 0.249 e. The van der Waals surface area contributed by atoms with Crippen LogP contribution in [-0.4, -0.2) is 35.0 Å². The number of hydrogen-bond acceptors (Lipinski definition) is 4. The first-order valence-electron chi connectivity index (χ1n) is 10.3. The number of nitrogens with one attached hydrogen (secondary N) is 2. The van der Waals surface area contributed by atoms with E-state index in [1.54, 1.807) is 27.7 Å². The summed E-state index contributed by atoms with van der Waals surface area (Å²) in [7, 11) is 0. The van der Waals surface area contributed by atoms with Gasteiger partial charge in [-0.05, 0) is 53.4 Å². The average Bonchev–Trinajstić information content (AvgIpc) is 2.62. The van der Waals surface area contributed by atoms with Crippen molar-refractivity contribution in [1.29, 1.82) is 0 Å². The van der Waals surface area contributed by atoms with Crippen molar-refractivity contribution in [2.75, 3.05) is 0 Å². The van der Waals surface area contributed by atoms with E-state index in [4.69, 9.17) is 0 Å². The predicted octanol–water partition coefficient (Wildman–Crippen LogP) is 3.89. The van der Waals surface area contributed by atoms with Gasteiger partial charge in [-0.2, -0.15) is 10.2 Å². The zero-order valence-electron chi connectivity index (χ0n) is 16.9. The molecule has 0 bridgehead atoms. The fraction of sp³-hybridized carbons (Fsp3) is 0.900. The molecule has 2 N–H and O–H groups in total. The van der Waals surface area contributed by atoms with Crippen molar-refractivity contribution < 1.29 is 9.59 Å². The molecule has 0 heterocycles. The molecule has 0 atom stereocenters. The lowest BCUT2D eigenvalue weighted by Gasteiger charge is -2.28. The summed E-state index contributed by atoms with van der Waals surface area (Å²) in [6.45, 7) is 7.01. The Morgan fingerprint density at radius 3 is 1.27 bits per heavy atom. The third kappa shape index (κ3) is 6.06. The molecular weight excluding hydrogens is 328 g/mol. The van der Waals surface area contributed by atoms with Gasteiger partial charge in [0.15, 0.2) is 11.1 Å². The van der Waals surface area contributed by atoms with Crippen molar-refractivity contribution in [1.82, 2.24) is 10.6 Å². The molecule has 2 rings (SSSR count). The van der Waals surface area contributed by atoms with Crippen LogP contribution in [0.25, 0.3) is 0 Å². The zero-order valence-corrected chi connectivity index (χ0v) is 16.9. The van der Waals surface area contributed by atoms with Gasteiger partial charge < -0.3 is 10.6 Å². The van der Waals surface area contributed by atoms with Gasteiger partial charge in [-0.3, -0.25) is 9.59 Å². The Morgan fingerprint density at radius 2 is 0.962 bits per heavy atom. The van der Waals surface area contributed by atoms with E-state index in [0.29, 0.717) is 0 Å². The maximum atomic E-state index is 12.6. The minimum absolute atomic E-state index is 0.114. The minimum atomic E-state index is -0.972. The van der Waals surface area contributed by atoms with E-state index in [1.807, 2.05) is 0 Å². The molecule has 6 heteroatoms. The Bertz CT molecular complexity index is 470. The third-order valence-electron chi connectivity index (χ3n) is 5.54. The summed E-state index contributed by atoms with van der Waals surface area (Å²) in [4.78, 5) is 25.1. The van der Waals surface area contributed by atoms with Gasteiger partial charge in [-0.15, -0.1) is 0 Å². The van der Waals surface area contributed by atoms with Gasteiger partial charge in [0.1, 0.15) is 0 Å². The summed E-state index contributed by atoms with van der Waals surface area (Å²) >= 11 is 0. The van der Waals surface area contributed by atoms with Crippen LogP contribution in [-0.2, 0) is 9.59 Å². The third-order valence-corrected chi connectivity index (χ3v) is 5.54. The van der Waals surface area contributed by atoms with E-state index in [-0.39, 0.29) is 23.9 Å². The van der Waals surface area contributed by atoms with E-state index in [1.165, 1.54) is 38.5 Å². The Labute approximate surface area is 158 Å². The van der Waals surface area contributed by atoms with Crippen molar-refractivity contribution in [3.63, 3.8) is 0 Å². The Kier molecular flexibility index (Phi) is 7.18. The summed E-state index contributed by atoms with van der Waals surface area (Å²) < 4.78 is 0. The maximum Gasteiger partial charge on any atom is 0.249 e. The van der Waals surface area contributed by atoms with Crippen molar-refractivity contribution in [3.05, 3.63) is 0 Å². The molecule has 2 aliphatic carbocycles. The van der Waals surface area contributed by atoms with Gasteiger partial charge in [0, 0.05) is 12.1 Å². The topological polar surface area (TPSA) is 82.9 Å². The molecule has 2 fully saturated rings. The Balaban J connectivity index is 1.90. The Morgan fingerprint density at radius 1 is 0.654 bits per heavy atom. The van der Waals surface area contributed by atoms with Crippen molar-refractivity contribution >= 4 is 11.8 Å². The molecule has 6 nitrogen and oxygen atoms in total. The molecule has 26 heavy (non-hydrogen) atoms. The van der Waals surface area contributed by atoms with Crippen LogP contribution in [0.2, 0.25) is 0 Å². The first-order chi connectivity index (χ1) is 12.2. The van der Waals surface area contributed by atoms with Gasteiger partial charge in [0.2, 0.25) is 11.8 Å². The normalized spacial score (nSPS) is 20.9. The van der Waals surface area contributed by atoms with Crippen LogP contribution in [0.15, 0.2) is 10.2 Å². The maximum absolute atomic E-state index is 12.6. The fourth-order valence-electron chi connectivity index (χ4n) is 3.56. The van der Waals surface area contributed by atoms with Crippen LogP contribution >= 0.6 is 0 Å². The Hall–Kier alpha value is -1.46. The molecule has 0 aromatic rings. The second kappa shape index (κ2) is 8.96. The van der Waals surface area contributed by atoms with Crippen LogP contribution in [0.3, 0.4) is 0 Å². The van der Waals surface area contributed by atoms with Gasteiger partial charge in [-0.1, -0.05) is 38.5 Å². The molecule has 148 valence electrons. The SMILES string of the molecule is CC(C)(N=NC(C)(C)C(=O)NC1CCCCC1)C(=O)NC1CCCCC1. The zero-order chi connectivity index (χ0) is 19.2.